The van der Waals surface area contributed by atoms with E-state index < -0.39 is 0 Å². The van der Waals surface area contributed by atoms with Crippen molar-refractivity contribution in [1.82, 2.24) is 0 Å². The van der Waals surface area contributed by atoms with Crippen molar-refractivity contribution in [3.8, 4) is 0 Å². The lowest BCUT2D eigenvalue weighted by atomic mass is 9.87. The Morgan fingerprint density at radius 3 is 1.14 bits per heavy atom. The Hall–Kier alpha value is -0.420. The predicted molar refractivity (Wildman–Crippen MR) is 168 cm³/mol. The Morgan fingerprint density at radius 1 is 0.541 bits per heavy atom. The SMILES string of the molecule is CC1(C)C=C(CCCCC(C)(C)CO)SC(CCCC2=CC(C)(C)C=C(CCCCC(C)(C)CO)S2)=C1. The molecule has 0 radical (unpaired) electrons. The van der Waals surface area contributed by atoms with Crippen LogP contribution < -0.4 is 0 Å². The standard InChI is InChI=1S/C33H56O2S2/c1-30(2,24-34)18-11-9-14-26-20-32(5,6)22-28(36-26)16-13-17-29-23-33(7,8)21-27(37-29)15-10-12-19-31(3,4)25-35/h20-23,34-35H,9-19,24-25H2,1-8H3. The number of hydrogen-bond acceptors (Lipinski definition) is 4. The lowest BCUT2D eigenvalue weighted by Crippen LogP contribution is -2.16. The molecule has 0 amide bonds. The summed E-state index contributed by atoms with van der Waals surface area (Å²) < 4.78 is 0. The zero-order chi connectivity index (χ0) is 27.7. The number of aliphatic hydroxyl groups excluding tert-OH is 2. The normalized spacial score (nSPS) is 19.7. The van der Waals surface area contributed by atoms with Crippen molar-refractivity contribution < 1.29 is 10.2 Å². The van der Waals surface area contributed by atoms with E-state index in [2.05, 4.69) is 79.7 Å². The van der Waals surface area contributed by atoms with Crippen LogP contribution in [0.25, 0.3) is 0 Å². The molecule has 37 heavy (non-hydrogen) atoms. The molecule has 0 fully saturated rings. The van der Waals surface area contributed by atoms with Crippen LogP contribution in [0.3, 0.4) is 0 Å². The number of unbranched alkanes of at least 4 members (excludes halogenated alkanes) is 2. The zero-order valence-electron chi connectivity index (χ0n) is 25.2. The third-order valence-corrected chi connectivity index (χ3v) is 9.75. The molecule has 2 N–H and O–H groups in total. The molecule has 0 aliphatic carbocycles. The molecule has 0 spiro atoms. The van der Waals surface area contributed by atoms with Gasteiger partial charge in [0.25, 0.3) is 0 Å². The highest BCUT2D eigenvalue weighted by Gasteiger charge is 2.24. The Kier molecular flexibility index (Phi) is 12.7. The molecule has 212 valence electrons. The summed E-state index contributed by atoms with van der Waals surface area (Å²) in [5.74, 6) is 0. The van der Waals surface area contributed by atoms with Gasteiger partial charge in [-0.25, -0.2) is 0 Å². The number of rotatable bonds is 16. The van der Waals surface area contributed by atoms with Crippen LogP contribution in [0.15, 0.2) is 43.9 Å². The molecule has 0 saturated carbocycles. The highest BCUT2D eigenvalue weighted by molar-refractivity contribution is 8.07. The van der Waals surface area contributed by atoms with Gasteiger partial charge in [-0.2, -0.15) is 0 Å². The molecule has 4 heteroatoms. The van der Waals surface area contributed by atoms with Crippen LogP contribution in [0.2, 0.25) is 0 Å². The van der Waals surface area contributed by atoms with E-state index in [4.69, 9.17) is 0 Å². The van der Waals surface area contributed by atoms with E-state index in [0.717, 1.165) is 38.5 Å². The summed E-state index contributed by atoms with van der Waals surface area (Å²) in [6, 6.07) is 0. The van der Waals surface area contributed by atoms with Gasteiger partial charge >= 0.3 is 0 Å². The van der Waals surface area contributed by atoms with Crippen LogP contribution >= 0.6 is 23.5 Å². The zero-order valence-corrected chi connectivity index (χ0v) is 26.8. The van der Waals surface area contributed by atoms with Crippen molar-refractivity contribution in [3.05, 3.63) is 43.9 Å². The van der Waals surface area contributed by atoms with E-state index in [-0.39, 0.29) is 34.9 Å². The van der Waals surface area contributed by atoms with Crippen molar-refractivity contribution in [2.45, 2.75) is 126 Å². The van der Waals surface area contributed by atoms with E-state index in [0.29, 0.717) is 0 Å². The van der Waals surface area contributed by atoms with E-state index in [1.807, 2.05) is 23.5 Å². The van der Waals surface area contributed by atoms with E-state index in [1.54, 1.807) is 9.81 Å². The monoisotopic (exact) mass is 548 g/mol. The molecular weight excluding hydrogens is 492 g/mol. The Balaban J connectivity index is 1.80. The molecule has 2 nitrogen and oxygen atoms in total. The maximum absolute atomic E-state index is 9.51. The lowest BCUT2D eigenvalue weighted by molar-refractivity contribution is 0.147. The first-order valence-corrected chi connectivity index (χ1v) is 16.2. The van der Waals surface area contributed by atoms with Crippen LogP contribution in [0.4, 0.5) is 0 Å². The minimum atomic E-state index is 0.0463. The van der Waals surface area contributed by atoms with E-state index >= 15 is 0 Å². The Labute approximate surface area is 237 Å². The van der Waals surface area contributed by atoms with E-state index in [1.165, 1.54) is 41.9 Å². The highest BCUT2D eigenvalue weighted by Crippen LogP contribution is 2.45. The molecule has 2 heterocycles. The van der Waals surface area contributed by atoms with E-state index in [9.17, 15) is 10.2 Å². The smallest absolute Gasteiger partial charge is 0.0482 e. The summed E-state index contributed by atoms with van der Waals surface area (Å²) >= 11 is 4.04. The second-order valence-corrected chi connectivity index (χ2v) is 16.7. The average molecular weight is 549 g/mol. The number of allylic oxidation sites excluding steroid dienone is 8. The first-order chi connectivity index (χ1) is 17.1. The van der Waals surface area contributed by atoms with Gasteiger partial charge in [0.05, 0.1) is 0 Å². The topological polar surface area (TPSA) is 40.5 Å². The summed E-state index contributed by atoms with van der Waals surface area (Å²) in [6.07, 6.45) is 22.7. The summed E-state index contributed by atoms with van der Waals surface area (Å²) in [6.45, 7) is 18.5. The maximum atomic E-state index is 9.51. The fourth-order valence-corrected chi connectivity index (χ4v) is 8.20. The molecule has 2 aliphatic heterocycles. The molecule has 0 aromatic carbocycles. The molecule has 0 aromatic heterocycles. The van der Waals surface area contributed by atoms with Gasteiger partial charge in [-0.05, 0) is 88.2 Å². The molecule has 0 unspecified atom stereocenters. The van der Waals surface area contributed by atoms with Gasteiger partial charge in [-0.1, -0.05) is 116 Å². The fraction of sp³-hybridized carbons (Fsp3) is 0.758. The van der Waals surface area contributed by atoms with Crippen LogP contribution in [0, 0.1) is 21.7 Å². The Bertz CT molecular complexity index is 786. The van der Waals surface area contributed by atoms with Crippen molar-refractivity contribution >= 4 is 23.5 Å². The summed E-state index contributed by atoms with van der Waals surface area (Å²) in [5.41, 5.74) is 0.374. The first kappa shape index (κ1) is 32.8. The van der Waals surface area contributed by atoms with Crippen molar-refractivity contribution in [2.75, 3.05) is 13.2 Å². The summed E-state index contributed by atoms with van der Waals surface area (Å²) in [4.78, 5) is 6.15. The van der Waals surface area contributed by atoms with Gasteiger partial charge in [-0.3, -0.25) is 0 Å². The molecule has 2 rings (SSSR count). The van der Waals surface area contributed by atoms with Gasteiger partial charge in [0.15, 0.2) is 0 Å². The van der Waals surface area contributed by atoms with Crippen LogP contribution in [-0.4, -0.2) is 23.4 Å². The fourth-order valence-electron chi connectivity index (χ4n) is 5.09. The van der Waals surface area contributed by atoms with Gasteiger partial charge in [0.2, 0.25) is 0 Å². The minimum absolute atomic E-state index is 0.0463. The maximum Gasteiger partial charge on any atom is 0.0482 e. The molecule has 0 saturated heterocycles. The first-order valence-electron chi connectivity index (χ1n) is 14.6. The second kappa shape index (κ2) is 14.3. The average Bonchev–Trinajstić information content (AvgIpc) is 2.78. The number of hydrogen-bond donors (Lipinski definition) is 2. The summed E-state index contributed by atoms with van der Waals surface area (Å²) in [7, 11) is 0. The van der Waals surface area contributed by atoms with Gasteiger partial charge in [-0.15, -0.1) is 0 Å². The van der Waals surface area contributed by atoms with Gasteiger partial charge in [0.1, 0.15) is 0 Å². The quantitative estimate of drug-likeness (QED) is 0.188. The van der Waals surface area contributed by atoms with Gasteiger partial charge in [0, 0.05) is 24.0 Å². The van der Waals surface area contributed by atoms with Crippen molar-refractivity contribution in [1.29, 1.82) is 0 Å². The van der Waals surface area contributed by atoms with Crippen molar-refractivity contribution in [2.24, 2.45) is 21.7 Å². The number of aliphatic hydroxyl groups is 2. The second-order valence-electron chi connectivity index (χ2n) is 14.2. The van der Waals surface area contributed by atoms with Gasteiger partial charge < -0.3 is 10.2 Å². The van der Waals surface area contributed by atoms with Crippen LogP contribution in [0.1, 0.15) is 126 Å². The predicted octanol–water partition coefficient (Wildman–Crippen LogP) is 10.4. The van der Waals surface area contributed by atoms with Crippen LogP contribution in [0.5, 0.6) is 0 Å². The van der Waals surface area contributed by atoms with Crippen LogP contribution in [-0.2, 0) is 0 Å². The molecule has 0 bridgehead atoms. The third kappa shape index (κ3) is 13.0. The molecular formula is C33H56O2S2. The molecule has 0 atom stereocenters. The highest BCUT2D eigenvalue weighted by atomic mass is 32.2. The lowest BCUT2D eigenvalue weighted by Gasteiger charge is -2.28. The number of thioether (sulfide) groups is 2. The minimum Gasteiger partial charge on any atom is -0.396 e. The third-order valence-electron chi connectivity index (χ3n) is 7.41. The Morgan fingerprint density at radius 2 is 0.838 bits per heavy atom. The summed E-state index contributed by atoms with van der Waals surface area (Å²) in [5, 5.41) is 19.0. The molecule has 0 aromatic rings. The molecule has 2 aliphatic rings. The van der Waals surface area contributed by atoms with Crippen molar-refractivity contribution in [3.63, 3.8) is 0 Å². The largest absolute Gasteiger partial charge is 0.396 e.